The number of Topliss-reactive ketones (excluding diaryl/α,β-unsaturated/α-hetero) is 1. The van der Waals surface area contributed by atoms with Crippen molar-refractivity contribution in [2.75, 3.05) is 24.7 Å². The van der Waals surface area contributed by atoms with Crippen LogP contribution in [0.3, 0.4) is 0 Å². The summed E-state index contributed by atoms with van der Waals surface area (Å²) in [5.74, 6) is -1.60. The van der Waals surface area contributed by atoms with Gasteiger partial charge in [0.25, 0.3) is 0 Å². The second-order valence-corrected chi connectivity index (χ2v) is 6.48. The second-order valence-electron chi connectivity index (χ2n) is 4.30. The summed E-state index contributed by atoms with van der Waals surface area (Å²) in [5, 5.41) is 0. The predicted octanol–water partition coefficient (Wildman–Crippen LogP) is 1.25. The van der Waals surface area contributed by atoms with E-state index in [1.807, 2.05) is 0 Å². The van der Waals surface area contributed by atoms with Crippen molar-refractivity contribution in [2.24, 2.45) is 0 Å². The summed E-state index contributed by atoms with van der Waals surface area (Å²) < 4.78 is 33.3. The number of carbonyl (C=O) groups is 2. The Bertz CT molecular complexity index is 606. The first-order chi connectivity index (χ1) is 9.85. The minimum atomic E-state index is -3.59. The molecule has 1 aromatic carbocycles. The van der Waals surface area contributed by atoms with E-state index in [2.05, 4.69) is 4.74 Å². The van der Waals surface area contributed by atoms with Crippen LogP contribution in [0, 0.1) is 0 Å². The van der Waals surface area contributed by atoms with Crippen LogP contribution in [-0.4, -0.2) is 44.9 Å². The first kappa shape index (κ1) is 17.2. The number of benzene rings is 1. The van der Waals surface area contributed by atoms with Crippen LogP contribution in [-0.2, 0) is 19.4 Å². The quantitative estimate of drug-likeness (QED) is 0.530. The summed E-state index contributed by atoms with van der Waals surface area (Å²) in [4.78, 5) is 22.5. The molecule has 0 spiro atoms. The lowest BCUT2D eigenvalue weighted by molar-refractivity contribution is -0.139. The van der Waals surface area contributed by atoms with Gasteiger partial charge in [-0.1, -0.05) is 12.1 Å². The van der Waals surface area contributed by atoms with Crippen molar-refractivity contribution in [3.05, 3.63) is 29.8 Å². The third-order valence-electron chi connectivity index (χ3n) is 2.56. The first-order valence-electron chi connectivity index (χ1n) is 6.44. The van der Waals surface area contributed by atoms with Crippen molar-refractivity contribution in [2.45, 2.75) is 13.8 Å². The lowest BCUT2D eigenvalue weighted by Gasteiger charge is -2.09. The van der Waals surface area contributed by atoms with E-state index >= 15 is 0 Å². The van der Waals surface area contributed by atoms with E-state index in [0.29, 0.717) is 11.3 Å². The molecule has 1 rings (SSSR count). The lowest BCUT2D eigenvalue weighted by Crippen LogP contribution is -2.24. The second kappa shape index (κ2) is 7.78. The number of rotatable bonds is 8. The van der Waals surface area contributed by atoms with Crippen LogP contribution in [0.25, 0.3) is 0 Å². The summed E-state index contributed by atoms with van der Waals surface area (Å²) >= 11 is 0. The fourth-order valence-electron chi connectivity index (χ4n) is 1.62. The van der Waals surface area contributed by atoms with Crippen LogP contribution in [0.4, 0.5) is 0 Å². The standard InChI is InChI=1S/C14H18O6S/c1-3-19-14(16)10-21(17,18)9-8-20-13-7-5-4-6-12(13)11(2)15/h4-7H,3,8-10H2,1-2H3. The number of carbonyl (C=O) groups excluding carboxylic acids is 2. The number of esters is 1. The van der Waals surface area contributed by atoms with E-state index in [0.717, 1.165) is 0 Å². The van der Waals surface area contributed by atoms with Gasteiger partial charge in [0.2, 0.25) is 0 Å². The molecular weight excluding hydrogens is 296 g/mol. The molecule has 1 aromatic rings. The van der Waals surface area contributed by atoms with Gasteiger partial charge in [-0.05, 0) is 26.0 Å². The zero-order valence-electron chi connectivity index (χ0n) is 12.0. The summed E-state index contributed by atoms with van der Waals surface area (Å²) in [6, 6.07) is 6.58. The molecule has 0 saturated heterocycles. The van der Waals surface area contributed by atoms with Gasteiger partial charge < -0.3 is 9.47 Å². The Labute approximate surface area is 124 Å². The molecule has 0 radical (unpaired) electrons. The molecule has 0 atom stereocenters. The molecule has 0 aliphatic carbocycles. The van der Waals surface area contributed by atoms with Crippen molar-refractivity contribution in [1.29, 1.82) is 0 Å². The zero-order chi connectivity index (χ0) is 15.9. The van der Waals surface area contributed by atoms with E-state index < -0.39 is 21.6 Å². The Morgan fingerprint density at radius 3 is 2.48 bits per heavy atom. The lowest BCUT2D eigenvalue weighted by atomic mass is 10.1. The van der Waals surface area contributed by atoms with Crippen molar-refractivity contribution < 1.29 is 27.5 Å². The number of ketones is 1. The van der Waals surface area contributed by atoms with Crippen LogP contribution in [0.1, 0.15) is 24.2 Å². The molecule has 21 heavy (non-hydrogen) atoms. The molecule has 0 saturated carbocycles. The maximum Gasteiger partial charge on any atom is 0.321 e. The molecule has 0 aliphatic heterocycles. The van der Waals surface area contributed by atoms with Crippen LogP contribution < -0.4 is 4.74 Å². The fourth-order valence-corrected chi connectivity index (χ4v) is 2.54. The number of hydrogen-bond acceptors (Lipinski definition) is 6. The number of hydrogen-bond donors (Lipinski definition) is 0. The Kier molecular flexibility index (Phi) is 6.36. The normalized spacial score (nSPS) is 11.0. The SMILES string of the molecule is CCOC(=O)CS(=O)(=O)CCOc1ccccc1C(C)=O. The van der Waals surface area contributed by atoms with Gasteiger partial charge >= 0.3 is 5.97 Å². The molecule has 116 valence electrons. The fraction of sp³-hybridized carbons (Fsp3) is 0.429. The van der Waals surface area contributed by atoms with Gasteiger partial charge in [-0.25, -0.2) is 8.42 Å². The highest BCUT2D eigenvalue weighted by Crippen LogP contribution is 2.18. The van der Waals surface area contributed by atoms with Gasteiger partial charge in [-0.3, -0.25) is 9.59 Å². The third kappa shape index (κ3) is 5.95. The number of ether oxygens (including phenoxy) is 2. The monoisotopic (exact) mass is 314 g/mol. The van der Waals surface area contributed by atoms with Gasteiger partial charge in [-0.15, -0.1) is 0 Å². The predicted molar refractivity (Wildman–Crippen MR) is 77.2 cm³/mol. The van der Waals surface area contributed by atoms with E-state index in [1.54, 1.807) is 31.2 Å². The van der Waals surface area contributed by atoms with Crippen LogP contribution in [0.5, 0.6) is 5.75 Å². The van der Waals surface area contributed by atoms with E-state index in [9.17, 15) is 18.0 Å². The Morgan fingerprint density at radius 2 is 1.86 bits per heavy atom. The van der Waals surface area contributed by atoms with Gasteiger partial charge in [0.1, 0.15) is 18.1 Å². The smallest absolute Gasteiger partial charge is 0.321 e. The summed E-state index contributed by atoms with van der Waals surface area (Å²) in [6.45, 7) is 3.01. The molecule has 0 N–H and O–H groups in total. The Morgan fingerprint density at radius 1 is 1.19 bits per heavy atom. The van der Waals surface area contributed by atoms with Gasteiger partial charge in [0, 0.05) is 0 Å². The molecule has 6 nitrogen and oxygen atoms in total. The average Bonchev–Trinajstić information content (AvgIpc) is 2.38. The highest BCUT2D eigenvalue weighted by Gasteiger charge is 2.18. The molecule has 0 heterocycles. The van der Waals surface area contributed by atoms with Crippen LogP contribution >= 0.6 is 0 Å². The maximum absolute atomic E-state index is 11.7. The third-order valence-corrected chi connectivity index (χ3v) is 4.03. The maximum atomic E-state index is 11.7. The van der Waals surface area contributed by atoms with E-state index in [1.165, 1.54) is 6.92 Å². The van der Waals surface area contributed by atoms with Crippen molar-refractivity contribution in [3.63, 3.8) is 0 Å². The Hall–Kier alpha value is -1.89. The van der Waals surface area contributed by atoms with E-state index in [4.69, 9.17) is 4.74 Å². The van der Waals surface area contributed by atoms with Crippen LogP contribution in [0.15, 0.2) is 24.3 Å². The van der Waals surface area contributed by atoms with Crippen LogP contribution in [0.2, 0.25) is 0 Å². The zero-order valence-corrected chi connectivity index (χ0v) is 12.8. The summed E-state index contributed by atoms with van der Waals surface area (Å²) in [5.41, 5.74) is 0.389. The molecule has 0 aromatic heterocycles. The minimum absolute atomic E-state index is 0.133. The van der Waals surface area contributed by atoms with Gasteiger partial charge in [0.15, 0.2) is 15.6 Å². The topological polar surface area (TPSA) is 86.7 Å². The molecule has 0 fully saturated rings. The number of sulfone groups is 1. The molecule has 7 heteroatoms. The average molecular weight is 314 g/mol. The Balaban J connectivity index is 2.57. The highest BCUT2D eigenvalue weighted by atomic mass is 32.2. The highest BCUT2D eigenvalue weighted by molar-refractivity contribution is 7.92. The van der Waals surface area contributed by atoms with Gasteiger partial charge in [-0.2, -0.15) is 0 Å². The van der Waals surface area contributed by atoms with Crippen molar-refractivity contribution in [3.8, 4) is 5.75 Å². The largest absolute Gasteiger partial charge is 0.492 e. The molecule has 0 aliphatic rings. The summed E-state index contributed by atoms with van der Waals surface area (Å²) in [7, 11) is -3.59. The number of para-hydroxylation sites is 1. The minimum Gasteiger partial charge on any atom is -0.492 e. The first-order valence-corrected chi connectivity index (χ1v) is 8.26. The molecule has 0 amide bonds. The van der Waals surface area contributed by atoms with Gasteiger partial charge in [0.05, 0.1) is 17.9 Å². The van der Waals surface area contributed by atoms with Crippen molar-refractivity contribution in [1.82, 2.24) is 0 Å². The summed E-state index contributed by atoms with van der Waals surface area (Å²) in [6.07, 6.45) is 0. The molecular formula is C14H18O6S. The van der Waals surface area contributed by atoms with Crippen molar-refractivity contribution >= 4 is 21.6 Å². The molecule has 0 unspecified atom stereocenters. The molecule has 0 bridgehead atoms. The van der Waals surface area contributed by atoms with E-state index in [-0.39, 0.29) is 24.7 Å².